The molecule has 1 atom stereocenters. The molecule has 2 rings (SSSR count). The van der Waals surface area contributed by atoms with Crippen LogP contribution in [0.1, 0.15) is 30.8 Å². The van der Waals surface area contributed by atoms with Crippen LogP contribution in [-0.4, -0.2) is 67.6 Å². The predicted octanol–water partition coefficient (Wildman–Crippen LogP) is 1.98. The molecular formula is C24H29ClN2O9. The Morgan fingerprint density at radius 1 is 1.14 bits per heavy atom. The minimum absolute atomic E-state index is 0.0305. The summed E-state index contributed by atoms with van der Waals surface area (Å²) in [7, 11) is 1.16. The maximum Gasteiger partial charge on any atom is 0.336 e. The van der Waals surface area contributed by atoms with Gasteiger partial charge in [0.1, 0.15) is 0 Å². The van der Waals surface area contributed by atoms with E-state index in [9.17, 15) is 19.2 Å². The fraction of sp³-hybridized carbons (Fsp3) is 0.333. The monoisotopic (exact) mass is 528 g/mol. The van der Waals surface area contributed by atoms with Gasteiger partial charge in [0.15, 0.2) is 0 Å². The van der Waals surface area contributed by atoms with Crippen LogP contribution in [0.5, 0.6) is 0 Å². The zero-order valence-corrected chi connectivity index (χ0v) is 20.5. The first-order valence-corrected chi connectivity index (χ1v) is 10.8. The Morgan fingerprint density at radius 3 is 2.28 bits per heavy atom. The Hall–Kier alpha value is -3.67. The van der Waals surface area contributed by atoms with Gasteiger partial charge >= 0.3 is 23.9 Å². The van der Waals surface area contributed by atoms with Gasteiger partial charge in [0, 0.05) is 29.4 Å². The molecule has 0 radical (unpaired) electrons. The summed E-state index contributed by atoms with van der Waals surface area (Å²) >= 11 is 6.36. The number of carboxylic acid groups (broad SMARTS) is 2. The van der Waals surface area contributed by atoms with Gasteiger partial charge in [0.2, 0.25) is 0 Å². The van der Waals surface area contributed by atoms with E-state index in [0.717, 1.165) is 7.11 Å². The number of nitrogens with one attached hydrogen (secondary N) is 1. The summed E-state index contributed by atoms with van der Waals surface area (Å²) in [6.45, 7) is 3.57. The van der Waals surface area contributed by atoms with Gasteiger partial charge in [-0.05, 0) is 25.5 Å². The second kappa shape index (κ2) is 15.4. The number of carbonyl (C=O) groups is 4. The van der Waals surface area contributed by atoms with Crippen molar-refractivity contribution >= 4 is 35.5 Å². The SMILES string of the molecule is O=C(O)/C=C\C(=O)O.[2H]c1c([2H])c([2H])c(C2C(C(=O)OC)=C(C)NC(COCCN)=C2C(=O)OCC)c(Cl)c1[2H]. The van der Waals surface area contributed by atoms with Gasteiger partial charge in [-0.1, -0.05) is 29.7 Å². The number of benzene rings is 1. The standard InChI is InChI=1S/C20H25ClN2O5.C4H4O4/c1-4-28-20(25)18-15(11-27-10-9-22)23-12(2)16(19(24)26-3)17(18)13-7-5-6-8-14(13)21;5-3(6)1-2-4(7)8/h5-8,17,23H,4,9-11,22H2,1-3H3;1-2H,(H,5,6)(H,7,8)/b;2-1-/i5D,6D,7D,8D;. The van der Waals surface area contributed by atoms with Crippen molar-refractivity contribution in [3.8, 4) is 0 Å². The highest BCUT2D eigenvalue weighted by atomic mass is 35.5. The van der Waals surface area contributed by atoms with Crippen LogP contribution in [0, 0.1) is 0 Å². The smallest absolute Gasteiger partial charge is 0.336 e. The van der Waals surface area contributed by atoms with Crippen molar-refractivity contribution in [3.63, 3.8) is 0 Å². The van der Waals surface area contributed by atoms with Gasteiger partial charge in [-0.3, -0.25) is 0 Å². The summed E-state index contributed by atoms with van der Waals surface area (Å²) in [6, 6.07) is -2.07. The van der Waals surface area contributed by atoms with E-state index in [2.05, 4.69) is 5.32 Å². The van der Waals surface area contributed by atoms with Crippen LogP contribution in [0.2, 0.25) is 5.02 Å². The van der Waals surface area contributed by atoms with E-state index >= 15 is 0 Å². The molecule has 0 aromatic heterocycles. The molecule has 36 heavy (non-hydrogen) atoms. The maximum absolute atomic E-state index is 13.0. The molecule has 11 nitrogen and oxygen atoms in total. The van der Waals surface area contributed by atoms with E-state index in [1.807, 2.05) is 0 Å². The molecule has 1 aromatic rings. The largest absolute Gasteiger partial charge is 0.478 e. The molecule has 0 fully saturated rings. The Bertz CT molecular complexity index is 1220. The van der Waals surface area contributed by atoms with Crippen molar-refractivity contribution in [3.05, 3.63) is 69.4 Å². The lowest BCUT2D eigenvalue weighted by Crippen LogP contribution is -2.35. The lowest BCUT2D eigenvalue weighted by Gasteiger charge is -2.31. The first kappa shape index (κ1) is 24.0. The van der Waals surface area contributed by atoms with Crippen LogP contribution < -0.4 is 11.1 Å². The van der Waals surface area contributed by atoms with Crippen molar-refractivity contribution in [2.75, 3.05) is 33.5 Å². The average Bonchev–Trinajstić information content (AvgIpc) is 2.90. The van der Waals surface area contributed by atoms with Crippen LogP contribution in [0.3, 0.4) is 0 Å². The summed E-state index contributed by atoms with van der Waals surface area (Å²) in [5.41, 5.74) is 5.80. The van der Waals surface area contributed by atoms with Crippen molar-refractivity contribution in [2.24, 2.45) is 5.73 Å². The predicted molar refractivity (Wildman–Crippen MR) is 130 cm³/mol. The molecule has 1 aromatic carbocycles. The van der Waals surface area contributed by atoms with E-state index in [0.29, 0.717) is 17.8 Å². The van der Waals surface area contributed by atoms with Gasteiger partial charge in [-0.15, -0.1) is 0 Å². The van der Waals surface area contributed by atoms with Gasteiger partial charge < -0.3 is 35.5 Å². The lowest BCUT2D eigenvalue weighted by atomic mass is 9.80. The first-order chi connectivity index (χ1) is 18.7. The van der Waals surface area contributed by atoms with Crippen LogP contribution in [0.15, 0.2) is 58.9 Å². The quantitative estimate of drug-likeness (QED) is 0.198. The van der Waals surface area contributed by atoms with Crippen molar-refractivity contribution in [2.45, 2.75) is 19.8 Å². The number of rotatable bonds is 10. The fourth-order valence-electron chi connectivity index (χ4n) is 3.04. The normalized spacial score (nSPS) is 16.6. The van der Waals surface area contributed by atoms with Gasteiger partial charge in [0.25, 0.3) is 0 Å². The molecule has 0 bridgehead atoms. The highest BCUT2D eigenvalue weighted by molar-refractivity contribution is 6.31. The summed E-state index contributed by atoms with van der Waals surface area (Å²) in [4.78, 5) is 44.9. The van der Waals surface area contributed by atoms with Gasteiger partial charge in [0.05, 0.1) is 55.2 Å². The second-order valence-electron chi connectivity index (χ2n) is 6.78. The molecule has 12 heteroatoms. The molecule has 1 heterocycles. The Balaban J connectivity index is 0.000000869. The molecule has 196 valence electrons. The first-order valence-electron chi connectivity index (χ1n) is 12.4. The molecule has 0 aliphatic carbocycles. The Kier molecular flexibility index (Phi) is 10.3. The number of esters is 2. The van der Waals surface area contributed by atoms with Crippen molar-refractivity contribution in [1.82, 2.24) is 5.32 Å². The summed E-state index contributed by atoms with van der Waals surface area (Å²) < 4.78 is 48.1. The molecule has 5 N–H and O–H groups in total. The number of carboxylic acids is 2. The van der Waals surface area contributed by atoms with Crippen molar-refractivity contribution in [1.29, 1.82) is 0 Å². The molecule has 0 saturated heterocycles. The number of hydrogen-bond acceptors (Lipinski definition) is 9. The van der Waals surface area contributed by atoms with Crippen LogP contribution in [-0.2, 0) is 33.4 Å². The number of methoxy groups -OCH3 is 1. The van der Waals surface area contributed by atoms with Crippen molar-refractivity contribution < 1.29 is 49.1 Å². The number of carbonyl (C=O) groups excluding carboxylic acids is 2. The molecule has 1 unspecified atom stereocenters. The fourth-order valence-corrected chi connectivity index (χ4v) is 3.24. The van der Waals surface area contributed by atoms with E-state index in [1.54, 1.807) is 13.8 Å². The average molecular weight is 529 g/mol. The zero-order valence-electron chi connectivity index (χ0n) is 23.8. The highest BCUT2D eigenvalue weighted by Gasteiger charge is 2.39. The molecule has 1 aliphatic heterocycles. The zero-order chi connectivity index (χ0) is 30.7. The minimum atomic E-state index is -1.28. The van der Waals surface area contributed by atoms with E-state index in [4.69, 9.17) is 47.2 Å². The molecule has 0 amide bonds. The number of aliphatic carboxylic acids is 2. The van der Waals surface area contributed by atoms with Gasteiger partial charge in [-0.2, -0.15) is 0 Å². The molecule has 0 spiro atoms. The highest BCUT2D eigenvalue weighted by Crippen LogP contribution is 2.41. The summed E-state index contributed by atoms with van der Waals surface area (Å²) in [5, 5.41) is 18.3. The third-order valence-electron chi connectivity index (χ3n) is 4.38. The molecular weight excluding hydrogens is 496 g/mol. The third kappa shape index (κ3) is 8.84. The van der Waals surface area contributed by atoms with E-state index in [-0.39, 0.29) is 53.8 Å². The topological polar surface area (TPSA) is 174 Å². The number of halogens is 1. The third-order valence-corrected chi connectivity index (χ3v) is 4.68. The lowest BCUT2D eigenvalue weighted by molar-refractivity contribution is -0.139. The molecule has 1 aliphatic rings. The number of nitrogens with two attached hydrogens (primary N) is 1. The number of dihydropyridines is 1. The number of hydrogen-bond donors (Lipinski definition) is 4. The maximum atomic E-state index is 13.0. The summed E-state index contributed by atoms with van der Waals surface area (Å²) in [6.07, 6.45) is 1.12. The van der Waals surface area contributed by atoms with Crippen LogP contribution in [0.25, 0.3) is 0 Å². The number of ether oxygens (including phenoxy) is 3. The Labute approximate surface area is 218 Å². The Morgan fingerprint density at radius 2 is 1.75 bits per heavy atom. The van der Waals surface area contributed by atoms with Gasteiger partial charge in [-0.25, -0.2) is 19.2 Å². The van der Waals surface area contributed by atoms with Crippen LogP contribution >= 0.6 is 11.6 Å². The summed E-state index contributed by atoms with van der Waals surface area (Å²) in [5.74, 6) is -5.39. The van der Waals surface area contributed by atoms with E-state index < -0.39 is 54.0 Å². The molecule has 0 saturated carbocycles. The number of allylic oxidation sites excluding steroid dienone is 1. The minimum Gasteiger partial charge on any atom is -0.478 e. The van der Waals surface area contributed by atoms with E-state index in [1.165, 1.54) is 0 Å². The van der Waals surface area contributed by atoms with Crippen LogP contribution in [0.4, 0.5) is 0 Å². The second-order valence-corrected chi connectivity index (χ2v) is 7.16.